The molecule has 1 rings (SSSR count). The van der Waals surface area contributed by atoms with Gasteiger partial charge in [0.15, 0.2) is 0 Å². The fourth-order valence-corrected chi connectivity index (χ4v) is 1.07. The van der Waals surface area contributed by atoms with Crippen LogP contribution in [0.25, 0.3) is 0 Å². The van der Waals surface area contributed by atoms with Gasteiger partial charge in [0.2, 0.25) is 0 Å². The largest absolute Gasteiger partial charge is 0.305 e. The number of nitrogens with one attached hydrogen (secondary N) is 1. The van der Waals surface area contributed by atoms with E-state index < -0.39 is 0 Å². The summed E-state index contributed by atoms with van der Waals surface area (Å²) in [7, 11) is 1.53. The van der Waals surface area contributed by atoms with Gasteiger partial charge >= 0.3 is 0 Å². The summed E-state index contributed by atoms with van der Waals surface area (Å²) in [6.45, 7) is 2.38. The first-order valence-electron chi connectivity index (χ1n) is 3.74. The molecule has 0 spiro atoms. The van der Waals surface area contributed by atoms with Crippen LogP contribution in [0.5, 0.6) is 0 Å². The fraction of sp³-hybridized carbons (Fsp3) is 0.333. The quantitative estimate of drug-likeness (QED) is 0.696. The third kappa shape index (κ3) is 2.60. The molecule has 0 heterocycles. The van der Waals surface area contributed by atoms with E-state index in [2.05, 4.69) is 10.3 Å². The van der Waals surface area contributed by atoms with Gasteiger partial charge in [0.05, 0.1) is 7.11 Å². The molecule has 0 aromatic heterocycles. The van der Waals surface area contributed by atoms with Crippen molar-refractivity contribution in [3.63, 3.8) is 0 Å². The van der Waals surface area contributed by atoms with Crippen LogP contribution in [0.2, 0.25) is 0 Å². The molecule has 12 heavy (non-hydrogen) atoms. The summed E-state index contributed by atoms with van der Waals surface area (Å²) in [5.41, 5.74) is 4.46. The number of hydrogen-bond donors (Lipinski definition) is 1. The number of aryl methyl sites for hydroxylation is 1. The summed E-state index contributed by atoms with van der Waals surface area (Å²) in [6.07, 6.45) is 0. The molecule has 1 aromatic carbocycles. The zero-order valence-electron chi connectivity index (χ0n) is 7.23. The Labute approximate surface area is 71.3 Å². The average molecular weight is 169 g/mol. The zero-order chi connectivity index (χ0) is 8.97. The van der Waals surface area contributed by atoms with E-state index in [-0.39, 0.29) is 5.82 Å². The van der Waals surface area contributed by atoms with Crippen LogP contribution in [-0.4, -0.2) is 7.11 Å². The Bertz CT molecular complexity index is 242. The highest BCUT2D eigenvalue weighted by Crippen LogP contribution is 2.07. The molecular formula is C9H12FNO. The highest BCUT2D eigenvalue weighted by atomic mass is 19.1. The second-order valence-electron chi connectivity index (χ2n) is 2.66. The third-order valence-corrected chi connectivity index (χ3v) is 1.52. The van der Waals surface area contributed by atoms with Crippen LogP contribution in [0.15, 0.2) is 18.2 Å². The monoisotopic (exact) mass is 169 g/mol. The van der Waals surface area contributed by atoms with Crippen molar-refractivity contribution in [3.05, 3.63) is 35.1 Å². The Morgan fingerprint density at radius 2 is 2.17 bits per heavy atom. The Morgan fingerprint density at radius 1 is 1.42 bits per heavy atom. The minimum absolute atomic E-state index is 0.206. The molecule has 0 aliphatic carbocycles. The van der Waals surface area contributed by atoms with Crippen molar-refractivity contribution in [1.29, 1.82) is 0 Å². The molecule has 1 N–H and O–H groups in total. The molecule has 0 aliphatic heterocycles. The van der Waals surface area contributed by atoms with Crippen LogP contribution in [0, 0.1) is 12.7 Å². The van der Waals surface area contributed by atoms with Crippen LogP contribution < -0.4 is 5.48 Å². The SMILES string of the molecule is CONCc1cc(C)cc(F)c1. The lowest BCUT2D eigenvalue weighted by Gasteiger charge is -2.03. The van der Waals surface area contributed by atoms with Gasteiger partial charge in [0.1, 0.15) is 5.82 Å². The minimum atomic E-state index is -0.206. The Balaban J connectivity index is 2.72. The van der Waals surface area contributed by atoms with Crippen molar-refractivity contribution in [1.82, 2.24) is 5.48 Å². The van der Waals surface area contributed by atoms with Crippen molar-refractivity contribution in [2.45, 2.75) is 13.5 Å². The second kappa shape index (κ2) is 4.18. The summed E-state index contributed by atoms with van der Waals surface area (Å²) < 4.78 is 12.8. The minimum Gasteiger partial charge on any atom is -0.305 e. The van der Waals surface area contributed by atoms with E-state index >= 15 is 0 Å². The Morgan fingerprint density at radius 3 is 2.75 bits per heavy atom. The number of rotatable bonds is 3. The van der Waals surface area contributed by atoms with Gasteiger partial charge in [-0.3, -0.25) is 0 Å². The van der Waals surface area contributed by atoms with Gasteiger partial charge in [0, 0.05) is 6.54 Å². The van der Waals surface area contributed by atoms with Crippen LogP contribution in [0.1, 0.15) is 11.1 Å². The van der Waals surface area contributed by atoms with Crippen molar-refractivity contribution in [2.24, 2.45) is 0 Å². The van der Waals surface area contributed by atoms with E-state index in [0.29, 0.717) is 6.54 Å². The molecule has 0 fully saturated rings. The lowest BCUT2D eigenvalue weighted by molar-refractivity contribution is 0.0866. The highest BCUT2D eigenvalue weighted by Gasteiger charge is 1.96. The lowest BCUT2D eigenvalue weighted by atomic mass is 10.1. The Kier molecular flexibility index (Phi) is 3.19. The van der Waals surface area contributed by atoms with E-state index in [9.17, 15) is 4.39 Å². The van der Waals surface area contributed by atoms with E-state index in [4.69, 9.17) is 0 Å². The topological polar surface area (TPSA) is 21.3 Å². The first-order valence-corrected chi connectivity index (χ1v) is 3.74. The summed E-state index contributed by atoms with van der Waals surface area (Å²) in [5, 5.41) is 0. The summed E-state index contributed by atoms with van der Waals surface area (Å²) in [5.74, 6) is -0.206. The second-order valence-corrected chi connectivity index (χ2v) is 2.66. The lowest BCUT2D eigenvalue weighted by Crippen LogP contribution is -2.10. The molecule has 0 saturated heterocycles. The van der Waals surface area contributed by atoms with E-state index in [1.165, 1.54) is 19.2 Å². The van der Waals surface area contributed by atoms with Gasteiger partial charge in [-0.15, -0.1) is 0 Å². The third-order valence-electron chi connectivity index (χ3n) is 1.52. The zero-order valence-corrected chi connectivity index (χ0v) is 7.23. The van der Waals surface area contributed by atoms with Crippen molar-refractivity contribution in [2.75, 3.05) is 7.11 Å². The predicted molar refractivity (Wildman–Crippen MR) is 45.0 cm³/mol. The Hall–Kier alpha value is -0.930. The number of hydroxylamine groups is 1. The summed E-state index contributed by atoms with van der Waals surface area (Å²) in [6, 6.07) is 4.89. The van der Waals surface area contributed by atoms with E-state index in [0.717, 1.165) is 11.1 Å². The molecule has 0 bridgehead atoms. The molecule has 1 aromatic rings. The van der Waals surface area contributed by atoms with Crippen molar-refractivity contribution in [3.8, 4) is 0 Å². The first-order chi connectivity index (χ1) is 5.72. The molecular weight excluding hydrogens is 157 g/mol. The van der Waals surface area contributed by atoms with Crippen molar-refractivity contribution < 1.29 is 9.23 Å². The van der Waals surface area contributed by atoms with Gasteiger partial charge in [0.25, 0.3) is 0 Å². The molecule has 0 saturated carbocycles. The van der Waals surface area contributed by atoms with Gasteiger partial charge in [-0.05, 0) is 30.2 Å². The summed E-state index contributed by atoms with van der Waals surface area (Å²) in [4.78, 5) is 4.65. The highest BCUT2D eigenvalue weighted by molar-refractivity contribution is 5.23. The van der Waals surface area contributed by atoms with E-state index in [1.54, 1.807) is 0 Å². The van der Waals surface area contributed by atoms with Gasteiger partial charge in [-0.2, -0.15) is 5.48 Å². The van der Waals surface area contributed by atoms with Crippen LogP contribution >= 0.6 is 0 Å². The predicted octanol–water partition coefficient (Wildman–Crippen LogP) is 1.79. The fourth-order valence-electron chi connectivity index (χ4n) is 1.07. The van der Waals surface area contributed by atoms with E-state index in [1.807, 2.05) is 13.0 Å². The first kappa shape index (κ1) is 9.16. The molecule has 3 heteroatoms. The molecule has 2 nitrogen and oxygen atoms in total. The maximum atomic E-state index is 12.8. The van der Waals surface area contributed by atoms with Crippen LogP contribution in [0.4, 0.5) is 4.39 Å². The molecule has 0 atom stereocenters. The van der Waals surface area contributed by atoms with Gasteiger partial charge in [-0.1, -0.05) is 6.07 Å². The molecule has 0 unspecified atom stereocenters. The van der Waals surface area contributed by atoms with Gasteiger partial charge < -0.3 is 4.84 Å². The number of halogens is 1. The number of hydrogen-bond acceptors (Lipinski definition) is 2. The van der Waals surface area contributed by atoms with Crippen molar-refractivity contribution >= 4 is 0 Å². The molecule has 0 radical (unpaired) electrons. The summed E-state index contributed by atoms with van der Waals surface area (Å²) >= 11 is 0. The molecule has 66 valence electrons. The smallest absolute Gasteiger partial charge is 0.123 e. The molecule has 0 amide bonds. The van der Waals surface area contributed by atoms with Crippen LogP contribution in [-0.2, 0) is 11.4 Å². The maximum absolute atomic E-state index is 12.8. The average Bonchev–Trinajstić information content (AvgIpc) is 1.99. The maximum Gasteiger partial charge on any atom is 0.123 e. The standard InChI is InChI=1S/C9H12FNO/c1-7-3-8(6-11-12-2)5-9(10)4-7/h3-5,11H,6H2,1-2H3. The normalized spacial score (nSPS) is 10.2. The van der Waals surface area contributed by atoms with Gasteiger partial charge in [-0.25, -0.2) is 4.39 Å². The number of benzene rings is 1. The molecule has 0 aliphatic rings. The van der Waals surface area contributed by atoms with Crippen LogP contribution in [0.3, 0.4) is 0 Å².